The van der Waals surface area contributed by atoms with E-state index in [1.54, 1.807) is 6.07 Å². The number of aromatic nitrogens is 1. The molecule has 0 spiro atoms. The average Bonchev–Trinajstić information content (AvgIpc) is 2.81. The van der Waals surface area contributed by atoms with E-state index in [2.05, 4.69) is 16.6 Å². The molecule has 0 atom stereocenters. The summed E-state index contributed by atoms with van der Waals surface area (Å²) in [5, 5.41) is 0. The van der Waals surface area contributed by atoms with Gasteiger partial charge < -0.3 is 4.74 Å². The molecule has 1 aromatic heterocycles. The summed E-state index contributed by atoms with van der Waals surface area (Å²) in [7, 11) is 0. The number of benzene rings is 3. The first-order valence-electron chi connectivity index (χ1n) is 10.7. The molecule has 0 aliphatic carbocycles. The molecule has 4 rings (SSSR count). The maximum absolute atomic E-state index is 14.6. The summed E-state index contributed by atoms with van der Waals surface area (Å²) in [6.45, 7) is 2.09. The first-order valence-corrected chi connectivity index (χ1v) is 10.7. The fraction of sp³-hybridized carbons (Fsp3) is 0.148. The molecule has 0 radical (unpaired) electrons. The van der Waals surface area contributed by atoms with Crippen LogP contribution in [0.15, 0.2) is 72.9 Å². The van der Waals surface area contributed by atoms with Crippen LogP contribution in [0.1, 0.15) is 24.5 Å². The lowest BCUT2D eigenvalue weighted by molar-refractivity contribution is -0.189. The summed E-state index contributed by atoms with van der Waals surface area (Å²) >= 11 is 0. The van der Waals surface area contributed by atoms with E-state index >= 15 is 0 Å². The lowest BCUT2D eigenvalue weighted by Gasteiger charge is -2.20. The van der Waals surface area contributed by atoms with Gasteiger partial charge in [0.15, 0.2) is 11.6 Å². The molecular weight excluding hydrogens is 468 g/mol. The monoisotopic (exact) mass is 487 g/mol. The van der Waals surface area contributed by atoms with Crippen LogP contribution in [-0.2, 0) is 12.5 Å². The van der Waals surface area contributed by atoms with E-state index in [1.807, 2.05) is 24.3 Å². The van der Waals surface area contributed by atoms with E-state index in [4.69, 9.17) is 0 Å². The Balaban J connectivity index is 1.58. The van der Waals surface area contributed by atoms with E-state index in [0.29, 0.717) is 24.3 Å². The Labute approximate surface area is 197 Å². The van der Waals surface area contributed by atoms with Gasteiger partial charge in [-0.3, -0.25) is 4.98 Å². The predicted octanol–water partition coefficient (Wildman–Crippen LogP) is 8.05. The molecule has 35 heavy (non-hydrogen) atoms. The minimum Gasteiger partial charge on any atom is -0.429 e. The van der Waals surface area contributed by atoms with Gasteiger partial charge in [-0.15, -0.1) is 0 Å². The van der Waals surface area contributed by atoms with Crippen LogP contribution in [-0.4, -0.2) is 4.98 Å². The maximum atomic E-state index is 14.6. The molecule has 0 aliphatic rings. The number of aryl methyl sites for hydroxylation is 1. The molecule has 4 aromatic rings. The molecule has 1 heterocycles. The van der Waals surface area contributed by atoms with Crippen LogP contribution >= 0.6 is 0 Å². The zero-order valence-electron chi connectivity index (χ0n) is 18.5. The van der Waals surface area contributed by atoms with E-state index in [1.165, 1.54) is 17.8 Å². The first kappa shape index (κ1) is 24.3. The van der Waals surface area contributed by atoms with Gasteiger partial charge in [0.2, 0.25) is 0 Å². The molecule has 8 heteroatoms. The highest BCUT2D eigenvalue weighted by molar-refractivity contribution is 5.67. The quantitative estimate of drug-likeness (QED) is 0.246. The molecule has 0 saturated heterocycles. The van der Waals surface area contributed by atoms with Crippen molar-refractivity contribution in [3.05, 3.63) is 107 Å². The van der Waals surface area contributed by atoms with Gasteiger partial charge in [0.1, 0.15) is 22.9 Å². The number of rotatable bonds is 7. The van der Waals surface area contributed by atoms with Gasteiger partial charge >= 0.3 is 6.11 Å². The summed E-state index contributed by atoms with van der Waals surface area (Å²) in [5.41, 5.74) is 1.35. The molecule has 0 N–H and O–H groups in total. The highest BCUT2D eigenvalue weighted by Gasteiger charge is 2.41. The molecule has 180 valence electrons. The predicted molar refractivity (Wildman–Crippen MR) is 120 cm³/mol. The third-order valence-electron chi connectivity index (χ3n) is 5.36. The number of pyridine rings is 1. The van der Waals surface area contributed by atoms with Crippen molar-refractivity contribution in [2.24, 2.45) is 0 Å². The van der Waals surface area contributed by atoms with Crippen molar-refractivity contribution in [2.75, 3.05) is 0 Å². The van der Waals surface area contributed by atoms with Crippen molar-refractivity contribution in [3.8, 4) is 28.1 Å². The minimum absolute atomic E-state index is 0.0581. The Hall–Kier alpha value is -3.81. The lowest BCUT2D eigenvalue weighted by atomic mass is 10.0. The van der Waals surface area contributed by atoms with Gasteiger partial charge in [0.25, 0.3) is 0 Å². The fourth-order valence-electron chi connectivity index (χ4n) is 3.63. The number of nitrogens with zero attached hydrogens (tertiary/aromatic N) is 1. The molecule has 0 unspecified atom stereocenters. The Morgan fingerprint density at radius 1 is 0.714 bits per heavy atom. The lowest BCUT2D eigenvalue weighted by Crippen LogP contribution is -2.25. The molecule has 0 saturated carbocycles. The van der Waals surface area contributed by atoms with Gasteiger partial charge in [-0.25, -0.2) is 17.6 Å². The van der Waals surface area contributed by atoms with Gasteiger partial charge in [0.05, 0.1) is 5.69 Å². The Bertz CT molecular complexity index is 1310. The van der Waals surface area contributed by atoms with Crippen LogP contribution in [0.25, 0.3) is 22.4 Å². The SMILES string of the molecule is CCCc1ccc(-c2ccc(-c3cc(F)c(C(F)(F)Oc4ccc(F)c(F)c4)c(F)c3)nc2)cc1. The van der Waals surface area contributed by atoms with Crippen molar-refractivity contribution in [3.63, 3.8) is 0 Å². The number of hydrogen-bond donors (Lipinski definition) is 0. The smallest absolute Gasteiger partial charge is 0.429 e. The van der Waals surface area contributed by atoms with E-state index in [9.17, 15) is 26.3 Å². The van der Waals surface area contributed by atoms with E-state index in [-0.39, 0.29) is 11.3 Å². The molecule has 0 bridgehead atoms. The second-order valence-corrected chi connectivity index (χ2v) is 7.89. The molecule has 3 aromatic carbocycles. The summed E-state index contributed by atoms with van der Waals surface area (Å²) in [6.07, 6.45) is -0.966. The van der Waals surface area contributed by atoms with Gasteiger partial charge in [0, 0.05) is 23.4 Å². The van der Waals surface area contributed by atoms with Crippen LogP contribution < -0.4 is 4.74 Å². The summed E-state index contributed by atoms with van der Waals surface area (Å²) in [4.78, 5) is 4.21. The summed E-state index contributed by atoms with van der Waals surface area (Å²) < 4.78 is 88.8. The van der Waals surface area contributed by atoms with Crippen molar-refractivity contribution in [1.82, 2.24) is 4.98 Å². The number of halogens is 6. The molecule has 0 fully saturated rings. The molecular formula is C27H19F6NO. The second kappa shape index (κ2) is 9.82. The van der Waals surface area contributed by atoms with Crippen LogP contribution in [0.5, 0.6) is 5.75 Å². The summed E-state index contributed by atoms with van der Waals surface area (Å²) in [6, 6.07) is 14.2. The third kappa shape index (κ3) is 5.31. The number of alkyl halides is 2. The van der Waals surface area contributed by atoms with Gasteiger partial charge in [-0.05, 0) is 47.9 Å². The van der Waals surface area contributed by atoms with Crippen molar-refractivity contribution < 1.29 is 31.1 Å². The second-order valence-electron chi connectivity index (χ2n) is 7.89. The normalized spacial score (nSPS) is 11.5. The van der Waals surface area contributed by atoms with Gasteiger partial charge in [-0.2, -0.15) is 8.78 Å². The average molecular weight is 487 g/mol. The molecule has 2 nitrogen and oxygen atoms in total. The largest absolute Gasteiger partial charge is 0.432 e. The first-order chi connectivity index (χ1) is 16.7. The highest BCUT2D eigenvalue weighted by atomic mass is 19.3. The van der Waals surface area contributed by atoms with Crippen molar-refractivity contribution >= 4 is 0 Å². The number of hydrogen-bond acceptors (Lipinski definition) is 2. The fourth-order valence-corrected chi connectivity index (χ4v) is 3.63. The minimum atomic E-state index is -4.49. The number of ether oxygens (including phenoxy) is 1. The van der Waals surface area contributed by atoms with Crippen molar-refractivity contribution in [1.29, 1.82) is 0 Å². The standard InChI is InChI=1S/C27H19F6NO/c1-2-3-16-4-6-17(7-5-16)18-8-11-25(34-15-18)19-12-23(30)26(24(31)13-19)27(32,33)35-20-9-10-21(28)22(29)14-20/h4-15H,2-3H2,1H3. The Kier molecular flexibility index (Phi) is 6.82. The van der Waals surface area contributed by atoms with Crippen LogP contribution in [0.3, 0.4) is 0 Å². The highest BCUT2D eigenvalue weighted by Crippen LogP contribution is 2.37. The maximum Gasteiger partial charge on any atom is 0.432 e. The molecule has 0 aliphatic heterocycles. The zero-order valence-corrected chi connectivity index (χ0v) is 18.5. The summed E-state index contributed by atoms with van der Waals surface area (Å²) in [5.74, 6) is -6.68. The van der Waals surface area contributed by atoms with Crippen LogP contribution in [0.2, 0.25) is 0 Å². The van der Waals surface area contributed by atoms with Crippen LogP contribution in [0, 0.1) is 23.3 Å². The molecule has 0 amide bonds. The van der Waals surface area contributed by atoms with E-state index < -0.39 is 40.7 Å². The zero-order chi connectivity index (χ0) is 25.2. The van der Waals surface area contributed by atoms with Crippen molar-refractivity contribution in [2.45, 2.75) is 25.9 Å². The van der Waals surface area contributed by atoms with E-state index in [0.717, 1.165) is 30.0 Å². The topological polar surface area (TPSA) is 22.1 Å². The van der Waals surface area contributed by atoms with Crippen LogP contribution in [0.4, 0.5) is 26.3 Å². The Morgan fingerprint density at radius 3 is 1.94 bits per heavy atom. The van der Waals surface area contributed by atoms with Gasteiger partial charge in [-0.1, -0.05) is 43.7 Å². The third-order valence-corrected chi connectivity index (χ3v) is 5.36. The Morgan fingerprint density at radius 2 is 1.37 bits per heavy atom.